The second kappa shape index (κ2) is 8.54. The molecule has 0 bridgehead atoms. The molecule has 2 atom stereocenters. The fourth-order valence-corrected chi connectivity index (χ4v) is 4.79. The average Bonchev–Trinajstić information content (AvgIpc) is 3.00. The maximum Gasteiger partial charge on any atom is 0.163 e. The van der Waals surface area contributed by atoms with Gasteiger partial charge < -0.3 is 25.2 Å². The normalized spacial score (nSPS) is 19.5. The number of methoxy groups -OCH3 is 2. The molecule has 0 saturated heterocycles. The molecule has 0 unspecified atom stereocenters. The molecule has 3 N–H and O–H groups in total. The van der Waals surface area contributed by atoms with Crippen LogP contribution in [0.3, 0.4) is 0 Å². The van der Waals surface area contributed by atoms with Crippen molar-refractivity contribution >= 4 is 17.2 Å². The highest BCUT2D eigenvalue weighted by atomic mass is 16.5. The largest absolute Gasteiger partial charge is 0.508 e. The Labute approximate surface area is 192 Å². The van der Waals surface area contributed by atoms with Gasteiger partial charge >= 0.3 is 0 Å². The molecule has 6 heteroatoms. The van der Waals surface area contributed by atoms with Crippen LogP contribution in [-0.2, 0) is 4.79 Å². The second-order valence-electron chi connectivity index (χ2n) is 8.38. The molecule has 1 aliphatic carbocycles. The van der Waals surface area contributed by atoms with Crippen LogP contribution in [0, 0.1) is 0 Å². The SMILES string of the molecule is COc1ccc([C@H]2CC(=O)C3=C(C2)Nc2ccccc2N[C@@H]3c2cccc(O)c2)cc1OC. The standard InChI is InChI=1S/C27H26N2O4/c1-32-24-11-10-16(15-25(24)33-2)18-13-22-26(23(31)14-18)27(17-6-5-7-19(30)12-17)29-21-9-4-3-8-20(21)28-22/h3-12,15,18,27-30H,13-14H2,1-2H3/t18-,27-/m1/s1. The molecule has 5 rings (SSSR count). The van der Waals surface area contributed by atoms with Gasteiger partial charge in [-0.3, -0.25) is 4.79 Å². The molecule has 0 aromatic heterocycles. The quantitative estimate of drug-likeness (QED) is 0.503. The number of phenols is 1. The van der Waals surface area contributed by atoms with Gasteiger partial charge in [0.25, 0.3) is 0 Å². The van der Waals surface area contributed by atoms with Gasteiger partial charge in [-0.2, -0.15) is 0 Å². The summed E-state index contributed by atoms with van der Waals surface area (Å²) in [5.41, 5.74) is 5.34. The molecule has 6 nitrogen and oxygen atoms in total. The first-order valence-electron chi connectivity index (χ1n) is 11.0. The van der Waals surface area contributed by atoms with E-state index in [9.17, 15) is 9.90 Å². The summed E-state index contributed by atoms with van der Waals surface area (Å²) < 4.78 is 10.9. The van der Waals surface area contributed by atoms with Crippen LogP contribution in [0.25, 0.3) is 0 Å². The summed E-state index contributed by atoms with van der Waals surface area (Å²) >= 11 is 0. The van der Waals surface area contributed by atoms with Gasteiger partial charge in [0.1, 0.15) is 5.75 Å². The van der Waals surface area contributed by atoms with Crippen LogP contribution in [-0.4, -0.2) is 25.1 Å². The van der Waals surface area contributed by atoms with Crippen LogP contribution in [0.15, 0.2) is 78.0 Å². The summed E-state index contributed by atoms with van der Waals surface area (Å²) in [5, 5.41) is 17.2. The number of ketones is 1. The minimum atomic E-state index is -0.359. The lowest BCUT2D eigenvalue weighted by molar-refractivity contribution is -0.116. The van der Waals surface area contributed by atoms with Gasteiger partial charge in [-0.25, -0.2) is 0 Å². The van der Waals surface area contributed by atoms with E-state index < -0.39 is 0 Å². The molecule has 0 amide bonds. The van der Waals surface area contributed by atoms with E-state index in [0.717, 1.165) is 28.2 Å². The maximum atomic E-state index is 13.6. The van der Waals surface area contributed by atoms with Gasteiger partial charge in [0, 0.05) is 17.7 Å². The number of anilines is 2. The summed E-state index contributed by atoms with van der Waals surface area (Å²) in [6.45, 7) is 0. The minimum Gasteiger partial charge on any atom is -0.508 e. The molecule has 3 aromatic carbocycles. The first-order valence-corrected chi connectivity index (χ1v) is 11.0. The van der Waals surface area contributed by atoms with Crippen LogP contribution in [0.1, 0.15) is 35.9 Å². The van der Waals surface area contributed by atoms with Gasteiger partial charge in [0.2, 0.25) is 0 Å². The number of para-hydroxylation sites is 2. The lowest BCUT2D eigenvalue weighted by Crippen LogP contribution is -2.26. The molecule has 0 radical (unpaired) electrons. The van der Waals surface area contributed by atoms with E-state index in [2.05, 4.69) is 10.6 Å². The Balaban J connectivity index is 1.58. The molecule has 0 fully saturated rings. The first kappa shape index (κ1) is 20.9. The smallest absolute Gasteiger partial charge is 0.163 e. The Morgan fingerprint density at radius 3 is 2.39 bits per heavy atom. The number of allylic oxidation sites excluding steroid dienone is 1. The minimum absolute atomic E-state index is 0.0126. The van der Waals surface area contributed by atoms with Crippen molar-refractivity contribution in [2.24, 2.45) is 0 Å². The zero-order chi connectivity index (χ0) is 22.9. The van der Waals surface area contributed by atoms with Gasteiger partial charge in [0.15, 0.2) is 17.3 Å². The van der Waals surface area contributed by atoms with Crippen molar-refractivity contribution in [3.05, 3.63) is 89.1 Å². The Bertz CT molecular complexity index is 1250. The van der Waals surface area contributed by atoms with Gasteiger partial charge in [-0.15, -0.1) is 0 Å². The van der Waals surface area contributed by atoms with E-state index in [1.807, 2.05) is 48.5 Å². The summed E-state index contributed by atoms with van der Waals surface area (Å²) in [7, 11) is 3.23. The third-order valence-electron chi connectivity index (χ3n) is 6.39. The van der Waals surface area contributed by atoms with Crippen LogP contribution in [0.2, 0.25) is 0 Å². The van der Waals surface area contributed by atoms with E-state index in [0.29, 0.717) is 29.9 Å². The van der Waals surface area contributed by atoms with E-state index in [1.165, 1.54) is 0 Å². The van der Waals surface area contributed by atoms with Crippen molar-refractivity contribution < 1.29 is 19.4 Å². The van der Waals surface area contributed by atoms with E-state index in [4.69, 9.17) is 9.47 Å². The maximum absolute atomic E-state index is 13.6. The molecule has 168 valence electrons. The highest BCUT2D eigenvalue weighted by molar-refractivity contribution is 6.01. The molecule has 1 heterocycles. The number of phenolic OH excluding ortho intramolecular Hbond substituents is 1. The number of hydrogen-bond acceptors (Lipinski definition) is 6. The van der Waals surface area contributed by atoms with Crippen molar-refractivity contribution in [2.75, 3.05) is 24.9 Å². The van der Waals surface area contributed by atoms with Crippen LogP contribution >= 0.6 is 0 Å². The Morgan fingerprint density at radius 1 is 0.848 bits per heavy atom. The van der Waals surface area contributed by atoms with E-state index in [1.54, 1.807) is 32.4 Å². The number of ether oxygens (including phenoxy) is 2. The third kappa shape index (κ3) is 3.89. The zero-order valence-electron chi connectivity index (χ0n) is 18.6. The highest BCUT2D eigenvalue weighted by Crippen LogP contribution is 2.45. The molecule has 33 heavy (non-hydrogen) atoms. The summed E-state index contributed by atoms with van der Waals surface area (Å²) in [6.07, 6.45) is 1.07. The Hall–Kier alpha value is -3.93. The molecule has 3 aromatic rings. The summed E-state index contributed by atoms with van der Waals surface area (Å²) in [4.78, 5) is 13.6. The third-order valence-corrected chi connectivity index (χ3v) is 6.39. The van der Waals surface area contributed by atoms with Gasteiger partial charge in [-0.1, -0.05) is 30.3 Å². The number of rotatable bonds is 4. The van der Waals surface area contributed by atoms with Crippen molar-refractivity contribution in [1.29, 1.82) is 0 Å². The number of aromatic hydroxyl groups is 1. The van der Waals surface area contributed by atoms with Crippen LogP contribution < -0.4 is 20.1 Å². The molecular weight excluding hydrogens is 416 g/mol. The number of carbonyl (C=O) groups excluding carboxylic acids is 1. The number of carbonyl (C=O) groups is 1. The Kier molecular flexibility index (Phi) is 5.42. The number of benzene rings is 3. The lowest BCUT2D eigenvalue weighted by Gasteiger charge is -2.30. The fourth-order valence-electron chi connectivity index (χ4n) is 4.79. The molecule has 0 spiro atoms. The molecule has 0 saturated carbocycles. The number of Topliss-reactive ketones (excluding diaryl/α,β-unsaturated/α-hetero) is 1. The molecule has 2 aliphatic rings. The molecular formula is C27H26N2O4. The van der Waals surface area contributed by atoms with Crippen LogP contribution in [0.4, 0.5) is 11.4 Å². The zero-order valence-corrected chi connectivity index (χ0v) is 18.6. The summed E-state index contributed by atoms with van der Waals surface area (Å²) in [5.74, 6) is 1.59. The monoisotopic (exact) mass is 442 g/mol. The lowest BCUT2D eigenvalue weighted by atomic mass is 9.78. The predicted molar refractivity (Wildman–Crippen MR) is 128 cm³/mol. The van der Waals surface area contributed by atoms with Gasteiger partial charge in [0.05, 0.1) is 31.6 Å². The van der Waals surface area contributed by atoms with Crippen molar-refractivity contribution in [3.8, 4) is 17.2 Å². The number of fused-ring (bicyclic) bond motifs is 1. The van der Waals surface area contributed by atoms with Crippen molar-refractivity contribution in [2.45, 2.75) is 24.8 Å². The topological polar surface area (TPSA) is 79.8 Å². The van der Waals surface area contributed by atoms with E-state index >= 15 is 0 Å². The van der Waals surface area contributed by atoms with E-state index in [-0.39, 0.29) is 23.5 Å². The second-order valence-corrected chi connectivity index (χ2v) is 8.38. The first-order chi connectivity index (χ1) is 16.1. The number of nitrogens with one attached hydrogen (secondary N) is 2. The number of hydrogen-bond donors (Lipinski definition) is 3. The van der Waals surface area contributed by atoms with Gasteiger partial charge in [-0.05, 0) is 59.9 Å². The van der Waals surface area contributed by atoms with Crippen molar-refractivity contribution in [1.82, 2.24) is 0 Å². The average molecular weight is 443 g/mol. The fraction of sp³-hybridized carbons (Fsp3) is 0.222. The van der Waals surface area contributed by atoms with Crippen molar-refractivity contribution in [3.63, 3.8) is 0 Å². The molecule has 1 aliphatic heterocycles. The predicted octanol–water partition coefficient (Wildman–Crippen LogP) is 5.39. The Morgan fingerprint density at radius 2 is 1.64 bits per heavy atom. The summed E-state index contributed by atoms with van der Waals surface area (Å²) in [6, 6.07) is 20.5. The van der Waals surface area contributed by atoms with Crippen LogP contribution in [0.5, 0.6) is 17.2 Å². The highest BCUT2D eigenvalue weighted by Gasteiger charge is 2.36.